The van der Waals surface area contributed by atoms with Crippen molar-refractivity contribution >= 4 is 0 Å². The molecule has 0 bridgehead atoms. The van der Waals surface area contributed by atoms with Crippen LogP contribution in [0.2, 0.25) is 0 Å². The maximum Gasteiger partial charge on any atom is 0.0143 e. The van der Waals surface area contributed by atoms with Crippen LogP contribution in [0.3, 0.4) is 0 Å². The minimum Gasteiger partial charge on any atom is -0.0918 e. The van der Waals surface area contributed by atoms with E-state index in [-0.39, 0.29) is 5.41 Å². The monoisotopic (exact) mass is 242 g/mol. The van der Waals surface area contributed by atoms with Gasteiger partial charge in [0.2, 0.25) is 0 Å². The van der Waals surface area contributed by atoms with Crippen LogP contribution in [0.1, 0.15) is 34.6 Å². The molecular formula is C18H26. The topological polar surface area (TPSA) is 0 Å². The summed E-state index contributed by atoms with van der Waals surface area (Å²) in [6.07, 6.45) is 11.6. The average molecular weight is 242 g/mol. The quantitative estimate of drug-likeness (QED) is 0.627. The minimum atomic E-state index is 0.180. The molecule has 0 nitrogen and oxygen atoms in total. The molecule has 18 heavy (non-hydrogen) atoms. The van der Waals surface area contributed by atoms with Gasteiger partial charge in [-0.2, -0.15) is 0 Å². The van der Waals surface area contributed by atoms with Gasteiger partial charge in [-0.3, -0.25) is 0 Å². The molecule has 98 valence electrons. The lowest BCUT2D eigenvalue weighted by Crippen LogP contribution is -2.41. The zero-order chi connectivity index (χ0) is 13.5. The first kappa shape index (κ1) is 13.4. The molecule has 0 N–H and O–H groups in total. The van der Waals surface area contributed by atoms with E-state index in [0.717, 1.165) is 5.57 Å². The maximum absolute atomic E-state index is 4.06. The van der Waals surface area contributed by atoms with Crippen molar-refractivity contribution in [3.63, 3.8) is 0 Å². The van der Waals surface area contributed by atoms with E-state index in [1.54, 1.807) is 0 Å². The highest BCUT2D eigenvalue weighted by Gasteiger charge is 2.44. The number of rotatable bonds is 2. The Bertz CT molecular complexity index is 431. The Hall–Kier alpha value is -1.04. The van der Waals surface area contributed by atoms with Crippen LogP contribution in [0.15, 0.2) is 48.1 Å². The Kier molecular flexibility index (Phi) is 3.40. The molecule has 3 atom stereocenters. The minimum absolute atomic E-state index is 0.180. The van der Waals surface area contributed by atoms with E-state index in [9.17, 15) is 0 Å². The summed E-state index contributed by atoms with van der Waals surface area (Å²) in [5, 5.41) is 0. The maximum atomic E-state index is 4.06. The summed E-state index contributed by atoms with van der Waals surface area (Å²) in [6.45, 7) is 15.9. The highest BCUT2D eigenvalue weighted by molar-refractivity contribution is 5.48. The third-order valence-electron chi connectivity index (χ3n) is 4.70. The Morgan fingerprint density at radius 2 is 1.78 bits per heavy atom. The largest absolute Gasteiger partial charge is 0.0918 e. The fraction of sp³-hybridized carbons (Fsp3) is 0.556. The van der Waals surface area contributed by atoms with Gasteiger partial charge in [-0.15, -0.1) is 0 Å². The van der Waals surface area contributed by atoms with Crippen LogP contribution < -0.4 is 0 Å². The second kappa shape index (κ2) is 4.57. The van der Waals surface area contributed by atoms with Crippen molar-refractivity contribution in [1.29, 1.82) is 0 Å². The number of allylic oxidation sites excluding steroid dienone is 7. The first-order valence-electron chi connectivity index (χ1n) is 7.15. The summed E-state index contributed by atoms with van der Waals surface area (Å²) in [6, 6.07) is 0. The van der Waals surface area contributed by atoms with Gasteiger partial charge in [-0.25, -0.2) is 0 Å². The fourth-order valence-electron chi connectivity index (χ4n) is 3.82. The van der Waals surface area contributed by atoms with Gasteiger partial charge in [0.1, 0.15) is 0 Å². The van der Waals surface area contributed by atoms with E-state index in [0.29, 0.717) is 23.7 Å². The number of hydrogen-bond donors (Lipinski definition) is 0. The van der Waals surface area contributed by atoms with Crippen LogP contribution >= 0.6 is 0 Å². The van der Waals surface area contributed by atoms with Crippen LogP contribution in [0, 0.1) is 29.1 Å². The zero-order valence-electron chi connectivity index (χ0n) is 12.4. The molecule has 2 aliphatic carbocycles. The normalized spacial score (nSPS) is 35.1. The van der Waals surface area contributed by atoms with Crippen molar-refractivity contribution in [2.75, 3.05) is 0 Å². The molecule has 0 spiro atoms. The molecule has 0 heteroatoms. The van der Waals surface area contributed by atoms with Crippen LogP contribution in [-0.4, -0.2) is 0 Å². The average Bonchev–Trinajstić information content (AvgIpc) is 2.27. The lowest BCUT2D eigenvalue weighted by Gasteiger charge is -2.48. The van der Waals surface area contributed by atoms with Crippen molar-refractivity contribution in [3.8, 4) is 0 Å². The second-order valence-corrected chi connectivity index (χ2v) is 6.74. The molecule has 0 aromatic heterocycles. The standard InChI is InChI=1S/C18H26/c1-12(2)16-8-7-15-11-14(5)9-10-18(15,6)17(16)13(3)4/h7-13,16-17H,5H2,1-4,6H3/t16?,17?,18-/m0/s1. The lowest BCUT2D eigenvalue weighted by molar-refractivity contribution is 0.134. The van der Waals surface area contributed by atoms with Crippen molar-refractivity contribution in [3.05, 3.63) is 48.1 Å². The SMILES string of the molecule is C=C1C=C[C@@]2(C)C(=C1)C=CC(C(C)C)C2C(C)C. The van der Waals surface area contributed by atoms with Crippen LogP contribution in [0.5, 0.6) is 0 Å². The predicted molar refractivity (Wildman–Crippen MR) is 80.3 cm³/mol. The third-order valence-corrected chi connectivity index (χ3v) is 4.70. The molecule has 2 aliphatic rings. The molecule has 0 aromatic carbocycles. The van der Waals surface area contributed by atoms with Gasteiger partial charge < -0.3 is 0 Å². The Labute approximate surface area is 112 Å². The molecule has 0 aromatic rings. The molecule has 2 rings (SSSR count). The molecule has 0 saturated carbocycles. The zero-order valence-corrected chi connectivity index (χ0v) is 12.4. The molecular weight excluding hydrogens is 216 g/mol. The molecule has 0 aliphatic heterocycles. The highest BCUT2D eigenvalue weighted by atomic mass is 14.5. The van der Waals surface area contributed by atoms with Gasteiger partial charge in [-0.05, 0) is 34.8 Å². The van der Waals surface area contributed by atoms with E-state index in [1.165, 1.54) is 5.57 Å². The summed E-state index contributed by atoms with van der Waals surface area (Å²) < 4.78 is 0. The number of hydrogen-bond acceptors (Lipinski definition) is 0. The van der Waals surface area contributed by atoms with Crippen LogP contribution in [0.25, 0.3) is 0 Å². The summed E-state index contributed by atoms with van der Waals surface area (Å²) in [5.41, 5.74) is 2.74. The smallest absolute Gasteiger partial charge is 0.0143 e. The van der Waals surface area contributed by atoms with E-state index >= 15 is 0 Å². The second-order valence-electron chi connectivity index (χ2n) is 6.74. The van der Waals surface area contributed by atoms with E-state index in [2.05, 4.69) is 71.6 Å². The fourth-order valence-corrected chi connectivity index (χ4v) is 3.82. The van der Waals surface area contributed by atoms with E-state index < -0.39 is 0 Å². The molecule has 0 saturated heterocycles. The van der Waals surface area contributed by atoms with Crippen LogP contribution in [-0.2, 0) is 0 Å². The first-order valence-corrected chi connectivity index (χ1v) is 7.15. The van der Waals surface area contributed by atoms with Crippen molar-refractivity contribution in [2.24, 2.45) is 29.1 Å². The molecule has 0 heterocycles. The van der Waals surface area contributed by atoms with Gasteiger partial charge in [0.05, 0.1) is 0 Å². The van der Waals surface area contributed by atoms with Crippen molar-refractivity contribution in [2.45, 2.75) is 34.6 Å². The van der Waals surface area contributed by atoms with Gasteiger partial charge in [0.25, 0.3) is 0 Å². The molecule has 0 amide bonds. The Morgan fingerprint density at radius 1 is 1.11 bits per heavy atom. The first-order chi connectivity index (χ1) is 8.36. The summed E-state index contributed by atoms with van der Waals surface area (Å²) in [4.78, 5) is 0. The van der Waals surface area contributed by atoms with Crippen LogP contribution in [0.4, 0.5) is 0 Å². The lowest BCUT2D eigenvalue weighted by atomic mass is 9.56. The van der Waals surface area contributed by atoms with E-state index in [1.807, 2.05) is 0 Å². The summed E-state index contributed by atoms with van der Waals surface area (Å²) >= 11 is 0. The molecule has 0 fully saturated rings. The summed E-state index contributed by atoms with van der Waals surface area (Å²) in [5.74, 6) is 2.73. The molecule has 0 radical (unpaired) electrons. The van der Waals surface area contributed by atoms with Crippen molar-refractivity contribution < 1.29 is 0 Å². The summed E-state index contributed by atoms with van der Waals surface area (Å²) in [7, 11) is 0. The Morgan fingerprint density at radius 3 is 2.33 bits per heavy atom. The van der Waals surface area contributed by atoms with Gasteiger partial charge >= 0.3 is 0 Å². The van der Waals surface area contributed by atoms with E-state index in [4.69, 9.17) is 0 Å². The Balaban J connectivity index is 2.51. The van der Waals surface area contributed by atoms with Gasteiger partial charge in [-0.1, -0.05) is 71.6 Å². The molecule has 2 unspecified atom stereocenters. The predicted octanol–water partition coefficient (Wildman–Crippen LogP) is 5.16. The van der Waals surface area contributed by atoms with Crippen molar-refractivity contribution in [1.82, 2.24) is 0 Å². The van der Waals surface area contributed by atoms with Gasteiger partial charge in [0.15, 0.2) is 0 Å². The number of fused-ring (bicyclic) bond motifs is 1. The third kappa shape index (κ3) is 2.02. The van der Waals surface area contributed by atoms with Gasteiger partial charge in [0, 0.05) is 5.41 Å². The highest BCUT2D eigenvalue weighted by Crippen LogP contribution is 2.52.